The van der Waals surface area contributed by atoms with Crippen LogP contribution in [0.3, 0.4) is 0 Å². The van der Waals surface area contributed by atoms with Crippen LogP contribution >= 0.6 is 0 Å². The van der Waals surface area contributed by atoms with Crippen molar-refractivity contribution in [1.82, 2.24) is 5.32 Å². The van der Waals surface area contributed by atoms with Gasteiger partial charge in [-0.25, -0.2) is 0 Å². The average Bonchev–Trinajstić information content (AvgIpc) is 2.48. The van der Waals surface area contributed by atoms with Gasteiger partial charge in [0.2, 0.25) is 0 Å². The number of benzene rings is 1. The average molecular weight is 295 g/mol. The van der Waals surface area contributed by atoms with Gasteiger partial charge in [-0.1, -0.05) is 32.9 Å². The van der Waals surface area contributed by atoms with Gasteiger partial charge in [-0.3, -0.25) is 0 Å². The van der Waals surface area contributed by atoms with E-state index in [0.29, 0.717) is 19.2 Å². The molecule has 0 fully saturated rings. The molecule has 0 aliphatic heterocycles. The van der Waals surface area contributed by atoms with Crippen LogP contribution in [0.4, 0.5) is 0 Å². The van der Waals surface area contributed by atoms with Crippen molar-refractivity contribution in [2.24, 2.45) is 0 Å². The second kappa shape index (κ2) is 10.6. The lowest BCUT2D eigenvalue weighted by molar-refractivity contribution is 0.104. The minimum Gasteiger partial charge on any atom is -0.491 e. The van der Waals surface area contributed by atoms with Gasteiger partial charge in [0.25, 0.3) is 0 Å². The molecule has 0 heterocycles. The van der Waals surface area contributed by atoms with E-state index in [-0.39, 0.29) is 0 Å². The van der Waals surface area contributed by atoms with Crippen molar-refractivity contribution in [2.75, 3.05) is 26.4 Å². The molecule has 120 valence electrons. The molecule has 0 aliphatic carbocycles. The van der Waals surface area contributed by atoms with Gasteiger partial charge in [-0.2, -0.15) is 0 Å². The monoisotopic (exact) mass is 295 g/mol. The van der Waals surface area contributed by atoms with Crippen LogP contribution in [0.5, 0.6) is 5.75 Å². The number of ether oxygens (including phenoxy) is 2. The Morgan fingerprint density at radius 2 is 1.86 bits per heavy atom. The molecule has 0 radical (unpaired) electrons. The molecule has 21 heavy (non-hydrogen) atoms. The second-order valence-corrected chi connectivity index (χ2v) is 5.53. The lowest BCUT2D eigenvalue weighted by atomic mass is 10.1. The minimum absolute atomic E-state index is 0.304. The molecule has 0 saturated heterocycles. The highest BCUT2D eigenvalue weighted by Gasteiger charge is 2.06. The summed E-state index contributed by atoms with van der Waals surface area (Å²) < 4.78 is 11.0. The molecular formula is C17H29NO3. The van der Waals surface area contributed by atoms with Crippen molar-refractivity contribution in [2.45, 2.75) is 45.8 Å². The first kappa shape index (κ1) is 18.0. The van der Waals surface area contributed by atoms with Gasteiger partial charge >= 0.3 is 0 Å². The number of rotatable bonds is 11. The van der Waals surface area contributed by atoms with Crippen molar-refractivity contribution < 1.29 is 14.6 Å². The fourth-order valence-corrected chi connectivity index (χ4v) is 1.81. The molecule has 1 rings (SSSR count). The number of hydrogen-bond acceptors (Lipinski definition) is 4. The maximum atomic E-state index is 9.78. The van der Waals surface area contributed by atoms with Crippen LogP contribution < -0.4 is 10.1 Å². The first-order valence-corrected chi connectivity index (χ1v) is 7.82. The van der Waals surface area contributed by atoms with Gasteiger partial charge in [0.05, 0.1) is 6.61 Å². The van der Waals surface area contributed by atoms with Gasteiger partial charge in [0.15, 0.2) is 0 Å². The molecule has 0 spiro atoms. The molecule has 2 N–H and O–H groups in total. The molecule has 1 aromatic carbocycles. The summed E-state index contributed by atoms with van der Waals surface area (Å²) in [5.74, 6) is 0.789. The highest BCUT2D eigenvalue weighted by molar-refractivity contribution is 5.27. The summed E-state index contributed by atoms with van der Waals surface area (Å²) in [6.07, 6.45) is 1.48. The number of aliphatic hydroxyl groups is 1. The third kappa shape index (κ3) is 8.71. The molecule has 4 heteroatoms. The van der Waals surface area contributed by atoms with Crippen LogP contribution in [0.2, 0.25) is 0 Å². The van der Waals surface area contributed by atoms with E-state index in [1.807, 2.05) is 24.3 Å². The van der Waals surface area contributed by atoms with Gasteiger partial charge in [0.1, 0.15) is 18.5 Å². The van der Waals surface area contributed by atoms with E-state index in [1.165, 1.54) is 5.56 Å². The van der Waals surface area contributed by atoms with Gasteiger partial charge in [-0.05, 0) is 30.5 Å². The maximum absolute atomic E-state index is 9.78. The molecule has 0 saturated carbocycles. The van der Waals surface area contributed by atoms with Crippen LogP contribution in [0.15, 0.2) is 24.3 Å². The normalized spacial score (nSPS) is 12.6. The Bertz CT molecular complexity index is 365. The van der Waals surface area contributed by atoms with E-state index in [4.69, 9.17) is 9.47 Å². The van der Waals surface area contributed by atoms with Crippen molar-refractivity contribution in [3.05, 3.63) is 29.8 Å². The highest BCUT2D eigenvalue weighted by Crippen LogP contribution is 2.13. The van der Waals surface area contributed by atoms with E-state index >= 15 is 0 Å². The SMILES string of the molecule is CCCOCCc1ccc(OCC(O)CNC(C)C)cc1. The second-order valence-electron chi connectivity index (χ2n) is 5.53. The first-order chi connectivity index (χ1) is 10.1. The summed E-state index contributed by atoms with van der Waals surface area (Å²) in [6, 6.07) is 8.34. The maximum Gasteiger partial charge on any atom is 0.119 e. The van der Waals surface area contributed by atoms with Crippen molar-refractivity contribution >= 4 is 0 Å². The molecule has 1 aromatic rings. The van der Waals surface area contributed by atoms with Crippen molar-refractivity contribution in [1.29, 1.82) is 0 Å². The molecular weight excluding hydrogens is 266 g/mol. The van der Waals surface area contributed by atoms with Crippen molar-refractivity contribution in [3.8, 4) is 5.75 Å². The Morgan fingerprint density at radius 1 is 1.14 bits per heavy atom. The quantitative estimate of drug-likeness (QED) is 0.616. The Hall–Kier alpha value is -1.10. The Kier molecular flexibility index (Phi) is 9.06. The Labute approximate surface area is 128 Å². The van der Waals surface area contributed by atoms with E-state index in [2.05, 4.69) is 26.1 Å². The first-order valence-electron chi connectivity index (χ1n) is 7.82. The highest BCUT2D eigenvalue weighted by atomic mass is 16.5. The third-order valence-corrected chi connectivity index (χ3v) is 3.01. The molecule has 1 atom stereocenters. The van der Waals surface area contributed by atoms with E-state index in [0.717, 1.165) is 31.8 Å². The zero-order chi connectivity index (χ0) is 15.5. The Morgan fingerprint density at radius 3 is 2.48 bits per heavy atom. The number of hydrogen-bond donors (Lipinski definition) is 2. The lowest BCUT2D eigenvalue weighted by Gasteiger charge is -2.15. The summed E-state index contributed by atoms with van der Waals surface area (Å²) in [4.78, 5) is 0. The minimum atomic E-state index is -0.491. The molecule has 1 unspecified atom stereocenters. The molecule has 4 nitrogen and oxygen atoms in total. The zero-order valence-corrected chi connectivity index (χ0v) is 13.5. The van der Waals surface area contributed by atoms with Gasteiger partial charge in [-0.15, -0.1) is 0 Å². The zero-order valence-electron chi connectivity index (χ0n) is 13.5. The van der Waals surface area contributed by atoms with Gasteiger partial charge in [0, 0.05) is 19.2 Å². The van der Waals surface area contributed by atoms with Crippen LogP contribution in [0, 0.1) is 0 Å². The Balaban J connectivity index is 2.24. The number of nitrogens with one attached hydrogen (secondary N) is 1. The van der Waals surface area contributed by atoms with E-state index < -0.39 is 6.10 Å². The molecule has 0 bridgehead atoms. The summed E-state index contributed by atoms with van der Waals surface area (Å²) in [6.45, 7) is 8.64. The summed E-state index contributed by atoms with van der Waals surface area (Å²) in [5, 5.41) is 13.0. The fraction of sp³-hybridized carbons (Fsp3) is 0.647. The summed E-state index contributed by atoms with van der Waals surface area (Å²) in [5.41, 5.74) is 1.24. The van der Waals surface area contributed by atoms with Crippen LogP contribution in [0.1, 0.15) is 32.8 Å². The smallest absolute Gasteiger partial charge is 0.119 e. The van der Waals surface area contributed by atoms with E-state index in [1.54, 1.807) is 0 Å². The van der Waals surface area contributed by atoms with Crippen LogP contribution in [0.25, 0.3) is 0 Å². The summed E-state index contributed by atoms with van der Waals surface area (Å²) in [7, 11) is 0. The molecule has 0 aliphatic rings. The predicted molar refractivity (Wildman–Crippen MR) is 85.9 cm³/mol. The third-order valence-electron chi connectivity index (χ3n) is 3.01. The fourth-order valence-electron chi connectivity index (χ4n) is 1.81. The van der Waals surface area contributed by atoms with Crippen LogP contribution in [-0.4, -0.2) is 43.6 Å². The largest absolute Gasteiger partial charge is 0.491 e. The molecule has 0 amide bonds. The van der Waals surface area contributed by atoms with Crippen molar-refractivity contribution in [3.63, 3.8) is 0 Å². The summed E-state index contributed by atoms with van der Waals surface area (Å²) >= 11 is 0. The predicted octanol–water partition coefficient (Wildman–Crippen LogP) is 2.39. The number of aliphatic hydroxyl groups excluding tert-OH is 1. The standard InChI is InChI=1S/C17H29NO3/c1-4-10-20-11-9-15-5-7-17(8-6-15)21-13-16(19)12-18-14(2)3/h5-8,14,16,18-19H,4,9-13H2,1-3H3. The van der Waals surface area contributed by atoms with Crippen LogP contribution in [-0.2, 0) is 11.2 Å². The lowest BCUT2D eigenvalue weighted by Crippen LogP contribution is -2.35. The van der Waals surface area contributed by atoms with E-state index in [9.17, 15) is 5.11 Å². The molecule has 0 aromatic heterocycles. The topological polar surface area (TPSA) is 50.7 Å². The van der Waals surface area contributed by atoms with Gasteiger partial charge < -0.3 is 19.9 Å².